The van der Waals surface area contributed by atoms with Crippen molar-refractivity contribution in [3.63, 3.8) is 0 Å². The SMILES string of the molecule is COc1ccccc1/C=C/C(=O)N1CCN(c2ccc(C(F)(F)F)cc2[N+](=O)[O-])CC1. The van der Waals surface area contributed by atoms with Gasteiger partial charge >= 0.3 is 6.18 Å². The molecule has 31 heavy (non-hydrogen) atoms. The van der Waals surface area contributed by atoms with Gasteiger partial charge in [-0.25, -0.2) is 0 Å². The van der Waals surface area contributed by atoms with Crippen molar-refractivity contribution in [1.82, 2.24) is 4.90 Å². The van der Waals surface area contributed by atoms with Crippen LogP contribution in [0.2, 0.25) is 0 Å². The lowest BCUT2D eigenvalue weighted by Crippen LogP contribution is -2.48. The Morgan fingerprint density at radius 3 is 2.42 bits per heavy atom. The summed E-state index contributed by atoms with van der Waals surface area (Å²) in [6.45, 7) is 1.10. The highest BCUT2D eigenvalue weighted by atomic mass is 19.4. The van der Waals surface area contributed by atoms with E-state index in [2.05, 4.69) is 0 Å². The lowest BCUT2D eigenvalue weighted by atomic mass is 10.1. The molecule has 2 aromatic rings. The fourth-order valence-corrected chi connectivity index (χ4v) is 3.35. The maximum Gasteiger partial charge on any atom is 0.416 e. The van der Waals surface area contributed by atoms with E-state index in [1.165, 1.54) is 13.2 Å². The van der Waals surface area contributed by atoms with Crippen molar-refractivity contribution in [2.75, 3.05) is 38.2 Å². The van der Waals surface area contributed by atoms with Crippen LogP contribution in [0.15, 0.2) is 48.5 Å². The first kappa shape index (κ1) is 22.1. The lowest BCUT2D eigenvalue weighted by Gasteiger charge is -2.35. The number of carbonyl (C=O) groups excluding carboxylic acids is 1. The number of alkyl halides is 3. The van der Waals surface area contributed by atoms with Gasteiger partial charge < -0.3 is 14.5 Å². The van der Waals surface area contributed by atoms with Crippen molar-refractivity contribution in [3.05, 3.63) is 69.8 Å². The number of rotatable bonds is 5. The highest BCUT2D eigenvalue weighted by molar-refractivity contribution is 5.92. The zero-order valence-electron chi connectivity index (χ0n) is 16.6. The number of hydrogen-bond acceptors (Lipinski definition) is 5. The van der Waals surface area contributed by atoms with E-state index in [0.29, 0.717) is 11.8 Å². The van der Waals surface area contributed by atoms with Crippen LogP contribution in [-0.4, -0.2) is 49.0 Å². The maximum absolute atomic E-state index is 12.9. The number of nitro benzene ring substituents is 1. The molecule has 10 heteroatoms. The molecule has 1 aliphatic heterocycles. The summed E-state index contributed by atoms with van der Waals surface area (Å²) in [6, 6.07) is 9.71. The minimum absolute atomic E-state index is 0.106. The number of halogens is 3. The van der Waals surface area contributed by atoms with E-state index in [4.69, 9.17) is 4.74 Å². The van der Waals surface area contributed by atoms with Crippen molar-refractivity contribution in [3.8, 4) is 5.75 Å². The quantitative estimate of drug-likeness (QED) is 0.403. The molecule has 1 heterocycles. The smallest absolute Gasteiger partial charge is 0.416 e. The number of ether oxygens (including phenoxy) is 1. The molecule has 0 aromatic heterocycles. The molecule has 2 aromatic carbocycles. The summed E-state index contributed by atoms with van der Waals surface area (Å²) in [4.78, 5) is 26.2. The van der Waals surface area contributed by atoms with Gasteiger partial charge in [-0.3, -0.25) is 14.9 Å². The first-order valence-corrected chi connectivity index (χ1v) is 9.41. The maximum atomic E-state index is 12.9. The van der Waals surface area contributed by atoms with E-state index in [1.54, 1.807) is 21.9 Å². The third-order valence-electron chi connectivity index (χ3n) is 4.98. The Morgan fingerprint density at radius 2 is 1.81 bits per heavy atom. The Balaban J connectivity index is 1.68. The largest absolute Gasteiger partial charge is 0.496 e. The second kappa shape index (κ2) is 9.07. The average Bonchev–Trinajstić information content (AvgIpc) is 2.76. The van der Waals surface area contributed by atoms with Gasteiger partial charge in [-0.15, -0.1) is 0 Å². The van der Waals surface area contributed by atoms with Crippen molar-refractivity contribution in [2.24, 2.45) is 0 Å². The summed E-state index contributed by atoms with van der Waals surface area (Å²) in [7, 11) is 1.54. The van der Waals surface area contributed by atoms with E-state index in [0.717, 1.165) is 17.7 Å². The van der Waals surface area contributed by atoms with Gasteiger partial charge in [0.2, 0.25) is 5.91 Å². The van der Waals surface area contributed by atoms with Crippen LogP contribution in [0.3, 0.4) is 0 Å². The van der Waals surface area contributed by atoms with Crippen molar-refractivity contribution < 1.29 is 27.6 Å². The van der Waals surface area contributed by atoms with Crippen LogP contribution in [0.5, 0.6) is 5.75 Å². The molecular formula is C21H20F3N3O4. The molecule has 0 aliphatic carbocycles. The van der Waals surface area contributed by atoms with E-state index in [1.807, 2.05) is 18.2 Å². The van der Waals surface area contributed by atoms with E-state index in [9.17, 15) is 28.1 Å². The molecule has 1 amide bonds. The summed E-state index contributed by atoms with van der Waals surface area (Å²) in [6.07, 6.45) is -1.59. The number of para-hydroxylation sites is 1. The first-order chi connectivity index (χ1) is 14.7. The number of carbonyl (C=O) groups is 1. The van der Waals surface area contributed by atoms with Crippen LogP contribution in [0.4, 0.5) is 24.5 Å². The third kappa shape index (κ3) is 5.14. The van der Waals surface area contributed by atoms with Gasteiger partial charge in [0, 0.05) is 43.9 Å². The monoisotopic (exact) mass is 435 g/mol. The number of benzene rings is 2. The molecule has 0 N–H and O–H groups in total. The Hall–Kier alpha value is -3.56. The predicted octanol–water partition coefficient (Wildman–Crippen LogP) is 3.98. The molecule has 0 radical (unpaired) electrons. The van der Waals surface area contributed by atoms with E-state index in [-0.39, 0.29) is 37.8 Å². The highest BCUT2D eigenvalue weighted by Gasteiger charge is 2.34. The minimum Gasteiger partial charge on any atom is -0.496 e. The van der Waals surface area contributed by atoms with Crippen LogP contribution in [-0.2, 0) is 11.0 Å². The molecule has 1 fully saturated rings. The lowest BCUT2D eigenvalue weighted by molar-refractivity contribution is -0.384. The molecule has 1 aliphatic rings. The van der Waals surface area contributed by atoms with Gasteiger partial charge in [-0.1, -0.05) is 18.2 Å². The molecule has 0 bridgehead atoms. The first-order valence-electron chi connectivity index (χ1n) is 9.41. The van der Waals surface area contributed by atoms with E-state index < -0.39 is 22.4 Å². The molecule has 0 atom stereocenters. The number of methoxy groups -OCH3 is 1. The van der Waals surface area contributed by atoms with Gasteiger partial charge in [0.1, 0.15) is 11.4 Å². The molecular weight excluding hydrogens is 415 g/mol. The predicted molar refractivity (Wildman–Crippen MR) is 109 cm³/mol. The van der Waals surface area contributed by atoms with Gasteiger partial charge in [0.25, 0.3) is 5.69 Å². The normalized spacial score (nSPS) is 14.7. The number of amides is 1. The van der Waals surface area contributed by atoms with E-state index >= 15 is 0 Å². The van der Waals surface area contributed by atoms with Crippen molar-refractivity contribution in [1.29, 1.82) is 0 Å². The zero-order chi connectivity index (χ0) is 22.6. The summed E-state index contributed by atoms with van der Waals surface area (Å²) in [5.41, 5.74) is -0.823. The van der Waals surface area contributed by atoms with Gasteiger partial charge in [0.15, 0.2) is 0 Å². The van der Waals surface area contributed by atoms with Crippen LogP contribution in [0.25, 0.3) is 6.08 Å². The van der Waals surface area contributed by atoms with Crippen molar-refractivity contribution >= 4 is 23.4 Å². The number of anilines is 1. The Bertz CT molecular complexity index is 1000. The fourth-order valence-electron chi connectivity index (χ4n) is 3.35. The molecule has 7 nitrogen and oxygen atoms in total. The summed E-state index contributed by atoms with van der Waals surface area (Å²) < 4.78 is 43.9. The summed E-state index contributed by atoms with van der Waals surface area (Å²) >= 11 is 0. The third-order valence-corrected chi connectivity index (χ3v) is 4.98. The molecule has 0 saturated carbocycles. The second-order valence-corrected chi connectivity index (χ2v) is 6.85. The minimum atomic E-state index is -4.66. The number of piperazine rings is 1. The fraction of sp³-hybridized carbons (Fsp3) is 0.286. The summed E-state index contributed by atoms with van der Waals surface area (Å²) in [5, 5.41) is 11.3. The summed E-state index contributed by atoms with van der Waals surface area (Å²) in [5.74, 6) is 0.401. The molecule has 0 spiro atoms. The van der Waals surface area contributed by atoms with Gasteiger partial charge in [0.05, 0.1) is 17.6 Å². The Morgan fingerprint density at radius 1 is 1.13 bits per heavy atom. The average molecular weight is 435 g/mol. The van der Waals surface area contributed by atoms with Gasteiger partial charge in [-0.2, -0.15) is 13.2 Å². The Kier molecular flexibility index (Phi) is 6.47. The number of nitro groups is 1. The van der Waals surface area contributed by atoms with Crippen LogP contribution in [0.1, 0.15) is 11.1 Å². The van der Waals surface area contributed by atoms with Crippen LogP contribution < -0.4 is 9.64 Å². The number of hydrogen-bond donors (Lipinski definition) is 0. The molecule has 3 rings (SSSR count). The van der Waals surface area contributed by atoms with Crippen LogP contribution in [0, 0.1) is 10.1 Å². The topological polar surface area (TPSA) is 75.9 Å². The molecule has 1 saturated heterocycles. The van der Waals surface area contributed by atoms with Crippen LogP contribution >= 0.6 is 0 Å². The van der Waals surface area contributed by atoms with Crippen molar-refractivity contribution in [2.45, 2.75) is 6.18 Å². The molecule has 164 valence electrons. The highest BCUT2D eigenvalue weighted by Crippen LogP contribution is 2.36. The molecule has 0 unspecified atom stereocenters. The Labute approximate surface area is 176 Å². The van der Waals surface area contributed by atoms with Gasteiger partial charge in [-0.05, 0) is 24.3 Å². The number of nitrogens with zero attached hydrogens (tertiary/aromatic N) is 3. The zero-order valence-corrected chi connectivity index (χ0v) is 16.6. The standard InChI is InChI=1S/C21H20F3N3O4/c1-31-19-5-3-2-4-15(19)6-9-20(28)26-12-10-25(11-13-26)17-8-7-16(21(22,23)24)14-18(17)27(29)30/h2-9,14H,10-13H2,1H3/b9-6+. The second-order valence-electron chi connectivity index (χ2n) is 6.85.